The Morgan fingerprint density at radius 1 is 1.32 bits per heavy atom. The van der Waals surface area contributed by atoms with Crippen LogP contribution in [0.3, 0.4) is 0 Å². The summed E-state index contributed by atoms with van der Waals surface area (Å²) in [5.74, 6) is 1.22. The molecule has 0 heterocycles. The molecule has 19 heavy (non-hydrogen) atoms. The summed E-state index contributed by atoms with van der Waals surface area (Å²) in [6.07, 6.45) is 1.32. The van der Waals surface area contributed by atoms with Crippen LogP contribution in [0.2, 0.25) is 0 Å². The molecule has 0 bridgehead atoms. The van der Waals surface area contributed by atoms with Crippen molar-refractivity contribution < 1.29 is 9.53 Å². The van der Waals surface area contributed by atoms with Crippen LogP contribution in [0.1, 0.15) is 33.6 Å². The molecule has 1 unspecified atom stereocenters. The number of hydrogen-bond acceptors (Lipinski definition) is 3. The molecular formula is C15H24N2O2. The molecular weight excluding hydrogens is 240 g/mol. The van der Waals surface area contributed by atoms with Gasteiger partial charge >= 0.3 is 0 Å². The average Bonchev–Trinajstić information content (AvgIpc) is 2.38. The van der Waals surface area contributed by atoms with Gasteiger partial charge in [0.25, 0.3) is 0 Å². The van der Waals surface area contributed by atoms with Crippen molar-refractivity contribution in [2.24, 2.45) is 5.92 Å². The molecule has 0 aliphatic rings. The molecule has 3 N–H and O–H groups in total. The molecule has 106 valence electrons. The van der Waals surface area contributed by atoms with Gasteiger partial charge in [-0.15, -0.1) is 0 Å². The fraction of sp³-hybridized carbons (Fsp3) is 0.533. The number of nitrogens with one attached hydrogen (secondary N) is 1. The largest absolute Gasteiger partial charge is 0.493 e. The Labute approximate surface area is 115 Å². The first-order valence-electron chi connectivity index (χ1n) is 6.80. The number of ether oxygens (including phenoxy) is 1. The normalized spacial score (nSPS) is 12.2. The molecule has 0 fully saturated rings. The highest BCUT2D eigenvalue weighted by molar-refractivity contribution is 5.76. The maximum absolute atomic E-state index is 11.8. The summed E-state index contributed by atoms with van der Waals surface area (Å²) in [6.45, 7) is 6.68. The lowest BCUT2D eigenvalue weighted by Crippen LogP contribution is -2.38. The minimum absolute atomic E-state index is 0.0380. The molecule has 0 aliphatic carbocycles. The van der Waals surface area contributed by atoms with Gasteiger partial charge in [0.05, 0.1) is 13.0 Å². The number of nitrogens with two attached hydrogens (primary N) is 1. The van der Waals surface area contributed by atoms with Crippen molar-refractivity contribution >= 4 is 11.6 Å². The van der Waals surface area contributed by atoms with Gasteiger partial charge in [-0.2, -0.15) is 0 Å². The smallest absolute Gasteiger partial charge is 0.223 e. The van der Waals surface area contributed by atoms with Crippen molar-refractivity contribution in [3.05, 3.63) is 24.3 Å². The molecule has 0 saturated carbocycles. The zero-order valence-corrected chi connectivity index (χ0v) is 12.0. The summed E-state index contributed by atoms with van der Waals surface area (Å²) in [7, 11) is 0. The van der Waals surface area contributed by atoms with Crippen molar-refractivity contribution in [3.8, 4) is 5.75 Å². The predicted molar refractivity (Wildman–Crippen MR) is 78.0 cm³/mol. The minimum atomic E-state index is 0.0380. The average molecular weight is 264 g/mol. The standard InChI is InChI=1S/C15H24N2O2/c1-4-14(11(2)3)17-15(18)9-10-19-13-7-5-12(16)6-8-13/h5-8,11,14H,4,9-10,16H2,1-3H3,(H,17,18). The number of hydrogen-bond donors (Lipinski definition) is 2. The van der Waals surface area contributed by atoms with Crippen LogP contribution in [0, 0.1) is 5.92 Å². The first-order valence-corrected chi connectivity index (χ1v) is 6.80. The third-order valence-electron chi connectivity index (χ3n) is 3.07. The Bertz CT molecular complexity index is 388. The summed E-state index contributed by atoms with van der Waals surface area (Å²) in [5, 5.41) is 3.02. The van der Waals surface area contributed by atoms with Gasteiger partial charge in [0.15, 0.2) is 0 Å². The van der Waals surface area contributed by atoms with E-state index in [1.165, 1.54) is 0 Å². The minimum Gasteiger partial charge on any atom is -0.493 e. The maximum atomic E-state index is 11.8. The van der Waals surface area contributed by atoms with Crippen molar-refractivity contribution in [2.75, 3.05) is 12.3 Å². The Kier molecular flexibility index (Phi) is 6.19. The summed E-state index contributed by atoms with van der Waals surface area (Å²) < 4.78 is 5.49. The number of nitrogen functional groups attached to an aromatic ring is 1. The van der Waals surface area contributed by atoms with E-state index in [4.69, 9.17) is 10.5 Å². The van der Waals surface area contributed by atoms with E-state index < -0.39 is 0 Å². The summed E-state index contributed by atoms with van der Waals surface area (Å²) in [5.41, 5.74) is 6.28. The van der Waals surface area contributed by atoms with Crippen LogP contribution in [-0.2, 0) is 4.79 Å². The second-order valence-electron chi connectivity index (χ2n) is 4.99. The Morgan fingerprint density at radius 2 is 1.95 bits per heavy atom. The van der Waals surface area contributed by atoms with Crippen LogP contribution >= 0.6 is 0 Å². The lowest BCUT2D eigenvalue weighted by Gasteiger charge is -2.20. The molecule has 1 aromatic carbocycles. The number of rotatable bonds is 7. The Morgan fingerprint density at radius 3 is 2.47 bits per heavy atom. The van der Waals surface area contributed by atoms with Gasteiger partial charge in [-0.1, -0.05) is 20.8 Å². The third-order valence-corrected chi connectivity index (χ3v) is 3.07. The van der Waals surface area contributed by atoms with E-state index in [0.717, 1.165) is 12.2 Å². The van der Waals surface area contributed by atoms with Gasteiger partial charge in [0.2, 0.25) is 5.91 Å². The lowest BCUT2D eigenvalue weighted by molar-refractivity contribution is -0.122. The first kappa shape index (κ1) is 15.3. The Hall–Kier alpha value is -1.71. The highest BCUT2D eigenvalue weighted by atomic mass is 16.5. The van der Waals surface area contributed by atoms with Gasteiger partial charge < -0.3 is 15.8 Å². The number of carbonyl (C=O) groups is 1. The zero-order chi connectivity index (χ0) is 14.3. The number of anilines is 1. The van der Waals surface area contributed by atoms with Crippen LogP contribution in [-0.4, -0.2) is 18.6 Å². The lowest BCUT2D eigenvalue weighted by atomic mass is 10.0. The van der Waals surface area contributed by atoms with Crippen LogP contribution in [0.25, 0.3) is 0 Å². The van der Waals surface area contributed by atoms with Crippen molar-refractivity contribution in [1.29, 1.82) is 0 Å². The highest BCUT2D eigenvalue weighted by Gasteiger charge is 2.13. The van der Waals surface area contributed by atoms with Crippen LogP contribution < -0.4 is 15.8 Å². The van der Waals surface area contributed by atoms with E-state index >= 15 is 0 Å². The van der Waals surface area contributed by atoms with E-state index in [-0.39, 0.29) is 11.9 Å². The summed E-state index contributed by atoms with van der Waals surface area (Å²) in [4.78, 5) is 11.8. The van der Waals surface area contributed by atoms with Gasteiger partial charge in [-0.25, -0.2) is 0 Å². The van der Waals surface area contributed by atoms with Crippen molar-refractivity contribution in [2.45, 2.75) is 39.7 Å². The van der Waals surface area contributed by atoms with E-state index in [2.05, 4.69) is 26.1 Å². The highest BCUT2D eigenvalue weighted by Crippen LogP contribution is 2.13. The number of benzene rings is 1. The van der Waals surface area contributed by atoms with E-state index in [1.54, 1.807) is 24.3 Å². The molecule has 1 rings (SSSR count). The molecule has 0 aliphatic heterocycles. The molecule has 4 heteroatoms. The maximum Gasteiger partial charge on any atom is 0.223 e. The van der Waals surface area contributed by atoms with Gasteiger partial charge in [0.1, 0.15) is 5.75 Å². The topological polar surface area (TPSA) is 64.3 Å². The fourth-order valence-corrected chi connectivity index (χ4v) is 1.84. The monoisotopic (exact) mass is 264 g/mol. The van der Waals surface area contributed by atoms with E-state index in [9.17, 15) is 4.79 Å². The van der Waals surface area contributed by atoms with Crippen molar-refractivity contribution in [3.63, 3.8) is 0 Å². The second kappa shape index (κ2) is 7.67. The zero-order valence-electron chi connectivity index (χ0n) is 12.0. The number of carbonyl (C=O) groups excluding carboxylic acids is 1. The molecule has 1 atom stereocenters. The summed E-state index contributed by atoms with van der Waals surface area (Å²) in [6, 6.07) is 7.40. The Balaban J connectivity index is 2.29. The fourth-order valence-electron chi connectivity index (χ4n) is 1.84. The second-order valence-corrected chi connectivity index (χ2v) is 4.99. The molecule has 1 aromatic rings. The molecule has 0 spiro atoms. The molecule has 1 amide bonds. The van der Waals surface area contributed by atoms with E-state index in [1.807, 2.05) is 0 Å². The van der Waals surface area contributed by atoms with Crippen LogP contribution in [0.5, 0.6) is 5.75 Å². The summed E-state index contributed by atoms with van der Waals surface area (Å²) >= 11 is 0. The molecule has 0 radical (unpaired) electrons. The number of amides is 1. The molecule has 0 saturated heterocycles. The van der Waals surface area contributed by atoms with Crippen molar-refractivity contribution in [1.82, 2.24) is 5.32 Å². The predicted octanol–water partition coefficient (Wildman–Crippen LogP) is 2.59. The van der Waals surface area contributed by atoms with Gasteiger partial charge in [-0.3, -0.25) is 4.79 Å². The van der Waals surface area contributed by atoms with Crippen LogP contribution in [0.15, 0.2) is 24.3 Å². The third kappa shape index (κ3) is 5.64. The molecule has 0 aromatic heterocycles. The molecule has 4 nitrogen and oxygen atoms in total. The van der Waals surface area contributed by atoms with Gasteiger partial charge in [-0.05, 0) is 36.6 Å². The SMILES string of the molecule is CCC(NC(=O)CCOc1ccc(N)cc1)C(C)C. The van der Waals surface area contributed by atoms with Crippen LogP contribution in [0.4, 0.5) is 5.69 Å². The van der Waals surface area contributed by atoms with Gasteiger partial charge in [0, 0.05) is 11.7 Å². The quantitative estimate of drug-likeness (QED) is 0.744. The van der Waals surface area contributed by atoms with E-state index in [0.29, 0.717) is 24.6 Å². The first-order chi connectivity index (χ1) is 9.02.